The molecule has 0 saturated heterocycles. The van der Waals surface area contributed by atoms with Crippen LogP contribution < -0.4 is 5.32 Å². The van der Waals surface area contributed by atoms with Gasteiger partial charge in [0.2, 0.25) is 0 Å². The number of aryl methyl sites for hydroxylation is 1. The summed E-state index contributed by atoms with van der Waals surface area (Å²) in [5, 5.41) is 9.73. The van der Waals surface area contributed by atoms with Crippen molar-refractivity contribution in [2.75, 3.05) is 0 Å². The molecule has 2 aliphatic rings. The zero-order chi connectivity index (χ0) is 14.4. The summed E-state index contributed by atoms with van der Waals surface area (Å²) in [5.41, 5.74) is 2.41. The van der Waals surface area contributed by atoms with E-state index in [1.165, 1.54) is 42.3 Å². The van der Waals surface area contributed by atoms with Gasteiger partial charge in [-0.05, 0) is 50.0 Å². The van der Waals surface area contributed by atoms with Crippen LogP contribution in [0.5, 0.6) is 0 Å². The van der Waals surface area contributed by atoms with Crippen LogP contribution >= 0.6 is 0 Å². The monoisotopic (exact) mass is 283 g/mol. The molecule has 1 N–H and O–H groups in total. The van der Waals surface area contributed by atoms with Crippen molar-refractivity contribution in [3.8, 4) is 0 Å². The number of hydrogen-bond donors (Lipinski definition) is 1. The fourth-order valence-electron chi connectivity index (χ4n) is 4.73. The summed E-state index contributed by atoms with van der Waals surface area (Å²) in [6, 6.07) is 9.12. The summed E-state index contributed by atoms with van der Waals surface area (Å²) in [4.78, 5) is 0. The van der Waals surface area contributed by atoms with Crippen LogP contribution in [0.25, 0.3) is 10.9 Å². The standard InChI is InChI=1S/C18H25N3/c1-12(16-10-13-7-8-14(16)9-13)19-11-17-15-5-3-4-6-18(15)21(2)20-17/h3-6,12-14,16,19H,7-11H2,1-2H3. The van der Waals surface area contributed by atoms with Gasteiger partial charge >= 0.3 is 0 Å². The molecule has 2 saturated carbocycles. The van der Waals surface area contributed by atoms with Gasteiger partial charge in [-0.3, -0.25) is 4.68 Å². The van der Waals surface area contributed by atoms with E-state index in [4.69, 9.17) is 5.10 Å². The average Bonchev–Trinajstić information content (AvgIpc) is 3.20. The topological polar surface area (TPSA) is 29.9 Å². The maximum atomic E-state index is 4.69. The van der Waals surface area contributed by atoms with Gasteiger partial charge < -0.3 is 5.32 Å². The first kappa shape index (κ1) is 13.3. The quantitative estimate of drug-likeness (QED) is 0.931. The highest BCUT2D eigenvalue weighted by Gasteiger charge is 2.41. The first-order valence-electron chi connectivity index (χ1n) is 8.36. The lowest BCUT2D eigenvalue weighted by atomic mass is 9.84. The lowest BCUT2D eigenvalue weighted by Crippen LogP contribution is -2.36. The lowest BCUT2D eigenvalue weighted by Gasteiger charge is -2.28. The lowest BCUT2D eigenvalue weighted by molar-refractivity contribution is 0.259. The van der Waals surface area contributed by atoms with Crippen molar-refractivity contribution in [2.24, 2.45) is 24.8 Å². The normalized spacial score (nSPS) is 29.3. The van der Waals surface area contributed by atoms with E-state index < -0.39 is 0 Å². The van der Waals surface area contributed by atoms with Crippen LogP contribution in [0.4, 0.5) is 0 Å². The Labute approximate surface area is 126 Å². The van der Waals surface area contributed by atoms with Crippen LogP contribution in [0, 0.1) is 17.8 Å². The second-order valence-electron chi connectivity index (χ2n) is 7.10. The molecule has 0 spiro atoms. The van der Waals surface area contributed by atoms with Gasteiger partial charge in [0.15, 0.2) is 0 Å². The molecule has 0 amide bonds. The Balaban J connectivity index is 1.46. The molecule has 0 radical (unpaired) electrons. The molecule has 0 aliphatic heterocycles. The Morgan fingerprint density at radius 3 is 2.90 bits per heavy atom. The first-order chi connectivity index (χ1) is 10.2. The van der Waals surface area contributed by atoms with Crippen molar-refractivity contribution in [1.82, 2.24) is 15.1 Å². The highest BCUT2D eigenvalue weighted by atomic mass is 15.3. The zero-order valence-electron chi connectivity index (χ0n) is 13.0. The van der Waals surface area contributed by atoms with E-state index in [0.717, 1.165) is 24.3 Å². The van der Waals surface area contributed by atoms with Gasteiger partial charge in [0.05, 0.1) is 11.2 Å². The van der Waals surface area contributed by atoms with Crippen molar-refractivity contribution in [3.05, 3.63) is 30.0 Å². The molecule has 3 nitrogen and oxygen atoms in total. The Kier molecular flexibility index (Phi) is 3.26. The van der Waals surface area contributed by atoms with Crippen LogP contribution in [0.3, 0.4) is 0 Å². The highest BCUT2D eigenvalue weighted by Crippen LogP contribution is 2.49. The minimum atomic E-state index is 0.612. The summed E-state index contributed by atoms with van der Waals surface area (Å²) in [5.74, 6) is 2.90. The van der Waals surface area contributed by atoms with E-state index in [2.05, 4.69) is 36.5 Å². The van der Waals surface area contributed by atoms with Gasteiger partial charge in [0, 0.05) is 25.0 Å². The van der Waals surface area contributed by atoms with E-state index >= 15 is 0 Å². The minimum absolute atomic E-state index is 0.612. The van der Waals surface area contributed by atoms with E-state index in [1.807, 2.05) is 11.7 Å². The summed E-state index contributed by atoms with van der Waals surface area (Å²) in [6.07, 6.45) is 5.89. The molecule has 1 aromatic heterocycles. The molecule has 2 fully saturated rings. The first-order valence-corrected chi connectivity index (χ1v) is 8.36. The van der Waals surface area contributed by atoms with E-state index in [1.54, 1.807) is 0 Å². The van der Waals surface area contributed by atoms with E-state index in [-0.39, 0.29) is 0 Å². The summed E-state index contributed by atoms with van der Waals surface area (Å²) < 4.78 is 1.99. The molecular weight excluding hydrogens is 258 g/mol. The molecular formula is C18H25N3. The molecule has 1 heterocycles. The fraction of sp³-hybridized carbons (Fsp3) is 0.611. The highest BCUT2D eigenvalue weighted by molar-refractivity contribution is 5.81. The van der Waals surface area contributed by atoms with Gasteiger partial charge in [-0.15, -0.1) is 0 Å². The average molecular weight is 283 g/mol. The number of fused-ring (bicyclic) bond motifs is 3. The predicted molar refractivity (Wildman–Crippen MR) is 86.0 cm³/mol. The van der Waals surface area contributed by atoms with Gasteiger partial charge in [-0.2, -0.15) is 5.10 Å². The molecule has 4 unspecified atom stereocenters. The predicted octanol–water partition coefficient (Wildman–Crippen LogP) is 3.49. The Hall–Kier alpha value is -1.35. The van der Waals surface area contributed by atoms with Gasteiger partial charge in [0.1, 0.15) is 0 Å². The van der Waals surface area contributed by atoms with Crippen LogP contribution in [-0.2, 0) is 13.6 Å². The molecule has 2 aliphatic carbocycles. The van der Waals surface area contributed by atoms with Crippen molar-refractivity contribution < 1.29 is 0 Å². The molecule has 4 atom stereocenters. The Bertz CT molecular complexity index is 645. The smallest absolute Gasteiger partial charge is 0.0841 e. The molecule has 112 valence electrons. The van der Waals surface area contributed by atoms with Crippen LogP contribution in [0.15, 0.2) is 24.3 Å². The van der Waals surface area contributed by atoms with Crippen molar-refractivity contribution in [2.45, 2.75) is 45.2 Å². The molecule has 1 aromatic carbocycles. The number of rotatable bonds is 4. The fourth-order valence-corrected chi connectivity index (χ4v) is 4.73. The number of hydrogen-bond acceptors (Lipinski definition) is 2. The summed E-state index contributed by atoms with van der Waals surface area (Å²) in [7, 11) is 2.03. The van der Waals surface area contributed by atoms with Crippen molar-refractivity contribution in [3.63, 3.8) is 0 Å². The third kappa shape index (κ3) is 2.28. The molecule has 2 bridgehead atoms. The van der Waals surface area contributed by atoms with Crippen LogP contribution in [0.2, 0.25) is 0 Å². The number of para-hydroxylation sites is 1. The molecule has 4 rings (SSSR count). The minimum Gasteiger partial charge on any atom is -0.308 e. The SMILES string of the molecule is CC(NCc1nn(C)c2ccccc12)C1CC2CCC1C2. The number of aromatic nitrogens is 2. The maximum Gasteiger partial charge on any atom is 0.0841 e. The van der Waals surface area contributed by atoms with Gasteiger partial charge in [-0.25, -0.2) is 0 Å². The van der Waals surface area contributed by atoms with Gasteiger partial charge in [0.25, 0.3) is 0 Å². The summed E-state index contributed by atoms with van der Waals surface area (Å²) >= 11 is 0. The molecule has 3 heteroatoms. The maximum absolute atomic E-state index is 4.69. The second kappa shape index (κ2) is 5.13. The molecule has 21 heavy (non-hydrogen) atoms. The molecule has 2 aromatic rings. The number of benzene rings is 1. The second-order valence-corrected chi connectivity index (χ2v) is 7.10. The third-order valence-electron chi connectivity index (χ3n) is 5.86. The summed E-state index contributed by atoms with van der Waals surface area (Å²) in [6.45, 7) is 3.26. The number of nitrogens with one attached hydrogen (secondary N) is 1. The van der Waals surface area contributed by atoms with Crippen LogP contribution in [0.1, 0.15) is 38.3 Å². The van der Waals surface area contributed by atoms with Crippen molar-refractivity contribution in [1.29, 1.82) is 0 Å². The third-order valence-corrected chi connectivity index (χ3v) is 5.86. The Morgan fingerprint density at radius 1 is 1.29 bits per heavy atom. The zero-order valence-corrected chi connectivity index (χ0v) is 13.0. The van der Waals surface area contributed by atoms with Crippen molar-refractivity contribution >= 4 is 10.9 Å². The van der Waals surface area contributed by atoms with E-state index in [0.29, 0.717) is 6.04 Å². The largest absolute Gasteiger partial charge is 0.308 e. The van der Waals surface area contributed by atoms with Gasteiger partial charge in [-0.1, -0.05) is 24.6 Å². The number of nitrogens with zero attached hydrogens (tertiary/aromatic N) is 2. The van der Waals surface area contributed by atoms with E-state index in [9.17, 15) is 0 Å². The van der Waals surface area contributed by atoms with Crippen LogP contribution in [-0.4, -0.2) is 15.8 Å². The Morgan fingerprint density at radius 2 is 2.14 bits per heavy atom.